The summed E-state index contributed by atoms with van der Waals surface area (Å²) in [6.45, 7) is 7.33. The van der Waals surface area contributed by atoms with Crippen LogP contribution in [-0.4, -0.2) is 9.55 Å². The van der Waals surface area contributed by atoms with Gasteiger partial charge < -0.3 is 4.57 Å². The fraction of sp³-hybridized carbons (Fsp3) is 0.235. The Labute approximate surface area is 113 Å². The molecule has 0 N–H and O–H groups in total. The Morgan fingerprint density at radius 3 is 2.32 bits per heavy atom. The summed E-state index contributed by atoms with van der Waals surface area (Å²) in [4.78, 5) is 4.63. The van der Waals surface area contributed by atoms with Gasteiger partial charge in [-0.3, -0.25) is 0 Å². The van der Waals surface area contributed by atoms with Crippen molar-refractivity contribution in [1.82, 2.24) is 9.55 Å². The molecule has 1 heterocycles. The topological polar surface area (TPSA) is 17.8 Å². The molecule has 0 bridgehead atoms. The molecule has 0 unspecified atom stereocenters. The molecule has 0 saturated carbocycles. The molecule has 0 aliphatic rings. The van der Waals surface area contributed by atoms with E-state index in [1.165, 1.54) is 22.2 Å². The molecule has 0 aliphatic heterocycles. The maximum atomic E-state index is 4.63. The number of benzene rings is 2. The molecule has 0 aliphatic carbocycles. The molecule has 0 amide bonds. The van der Waals surface area contributed by atoms with Crippen LogP contribution in [0.1, 0.15) is 22.5 Å². The number of imidazole rings is 1. The second-order valence-electron chi connectivity index (χ2n) is 5.10. The SMILES string of the molecule is Cc1cccc(C)c1Cn1c(C)nc2ccccc21. The van der Waals surface area contributed by atoms with Gasteiger partial charge in [-0.05, 0) is 49.6 Å². The van der Waals surface area contributed by atoms with E-state index >= 15 is 0 Å². The summed E-state index contributed by atoms with van der Waals surface area (Å²) in [5.74, 6) is 1.07. The Balaban J connectivity index is 2.13. The van der Waals surface area contributed by atoms with Crippen LogP contribution in [-0.2, 0) is 6.54 Å². The average Bonchev–Trinajstić information content (AvgIpc) is 2.70. The maximum Gasteiger partial charge on any atom is 0.107 e. The molecule has 1 aromatic heterocycles. The highest BCUT2D eigenvalue weighted by molar-refractivity contribution is 5.76. The van der Waals surface area contributed by atoms with E-state index < -0.39 is 0 Å². The van der Waals surface area contributed by atoms with Gasteiger partial charge in [0.15, 0.2) is 0 Å². The van der Waals surface area contributed by atoms with Crippen molar-refractivity contribution < 1.29 is 0 Å². The van der Waals surface area contributed by atoms with Crippen LogP contribution in [0, 0.1) is 20.8 Å². The number of hydrogen-bond acceptors (Lipinski definition) is 1. The number of aromatic nitrogens is 2. The van der Waals surface area contributed by atoms with Crippen molar-refractivity contribution >= 4 is 11.0 Å². The summed E-state index contributed by atoms with van der Waals surface area (Å²) in [7, 11) is 0. The second kappa shape index (κ2) is 4.54. The lowest BCUT2D eigenvalue weighted by atomic mass is 10.0. The van der Waals surface area contributed by atoms with Gasteiger partial charge in [0.05, 0.1) is 11.0 Å². The van der Waals surface area contributed by atoms with Crippen LogP contribution in [0.15, 0.2) is 42.5 Å². The Bertz CT molecular complexity index is 718. The zero-order valence-corrected chi connectivity index (χ0v) is 11.6. The molecule has 0 fully saturated rings. The minimum atomic E-state index is 0.894. The highest BCUT2D eigenvalue weighted by Crippen LogP contribution is 2.20. The molecule has 96 valence electrons. The van der Waals surface area contributed by atoms with E-state index in [1.54, 1.807) is 0 Å². The van der Waals surface area contributed by atoms with Gasteiger partial charge in [-0.15, -0.1) is 0 Å². The quantitative estimate of drug-likeness (QED) is 0.672. The first-order chi connectivity index (χ1) is 9.16. The molecule has 0 saturated heterocycles. The predicted octanol–water partition coefficient (Wildman–Crippen LogP) is 4.01. The Hall–Kier alpha value is -2.09. The molecule has 0 spiro atoms. The van der Waals surface area contributed by atoms with Crippen LogP contribution < -0.4 is 0 Å². The number of aryl methyl sites for hydroxylation is 3. The highest BCUT2D eigenvalue weighted by Gasteiger charge is 2.09. The van der Waals surface area contributed by atoms with Gasteiger partial charge in [0, 0.05) is 6.54 Å². The van der Waals surface area contributed by atoms with Crippen molar-refractivity contribution in [2.24, 2.45) is 0 Å². The molecule has 2 heteroatoms. The summed E-state index contributed by atoms with van der Waals surface area (Å²) in [6, 6.07) is 14.8. The zero-order valence-electron chi connectivity index (χ0n) is 11.6. The number of rotatable bonds is 2. The number of hydrogen-bond donors (Lipinski definition) is 0. The van der Waals surface area contributed by atoms with Gasteiger partial charge in [0.1, 0.15) is 5.82 Å². The molecule has 0 atom stereocenters. The van der Waals surface area contributed by atoms with Crippen LogP contribution >= 0.6 is 0 Å². The standard InChI is InChI=1S/C17H18N2/c1-12-7-6-8-13(2)15(12)11-19-14(3)18-16-9-4-5-10-17(16)19/h4-10H,11H2,1-3H3. The van der Waals surface area contributed by atoms with Crippen molar-refractivity contribution in [1.29, 1.82) is 0 Å². The lowest BCUT2D eigenvalue weighted by Crippen LogP contribution is -2.05. The van der Waals surface area contributed by atoms with Gasteiger partial charge >= 0.3 is 0 Å². The third-order valence-electron chi connectivity index (χ3n) is 3.81. The lowest BCUT2D eigenvalue weighted by Gasteiger charge is -2.12. The van der Waals surface area contributed by atoms with Gasteiger partial charge in [0.25, 0.3) is 0 Å². The molecule has 0 radical (unpaired) electrons. The van der Waals surface area contributed by atoms with Gasteiger partial charge in [-0.2, -0.15) is 0 Å². The summed E-state index contributed by atoms with van der Waals surface area (Å²) < 4.78 is 2.30. The molecule has 3 rings (SSSR count). The molecule has 2 nitrogen and oxygen atoms in total. The Kier molecular flexibility index (Phi) is 2.86. The van der Waals surface area contributed by atoms with Crippen LogP contribution in [0.2, 0.25) is 0 Å². The van der Waals surface area contributed by atoms with Crippen molar-refractivity contribution in [3.05, 3.63) is 65.0 Å². The maximum absolute atomic E-state index is 4.63. The molecular formula is C17H18N2. The summed E-state index contributed by atoms with van der Waals surface area (Å²) in [5, 5.41) is 0. The number of nitrogens with zero attached hydrogens (tertiary/aromatic N) is 2. The van der Waals surface area contributed by atoms with Crippen LogP contribution in [0.25, 0.3) is 11.0 Å². The van der Waals surface area contributed by atoms with Crippen molar-refractivity contribution in [2.45, 2.75) is 27.3 Å². The smallest absolute Gasteiger partial charge is 0.107 e. The molecule has 2 aromatic carbocycles. The third kappa shape index (κ3) is 2.03. The minimum absolute atomic E-state index is 0.894. The van der Waals surface area contributed by atoms with Gasteiger partial charge in [-0.25, -0.2) is 4.98 Å². The fourth-order valence-electron chi connectivity index (χ4n) is 2.65. The van der Waals surface area contributed by atoms with Crippen LogP contribution in [0.5, 0.6) is 0 Å². The van der Waals surface area contributed by atoms with E-state index in [2.05, 4.69) is 66.7 Å². The molecule has 19 heavy (non-hydrogen) atoms. The lowest BCUT2D eigenvalue weighted by molar-refractivity contribution is 0.777. The van der Waals surface area contributed by atoms with E-state index in [4.69, 9.17) is 0 Å². The van der Waals surface area contributed by atoms with E-state index in [0.29, 0.717) is 0 Å². The van der Waals surface area contributed by atoms with E-state index in [0.717, 1.165) is 17.9 Å². The fourth-order valence-corrected chi connectivity index (χ4v) is 2.65. The first kappa shape index (κ1) is 12.0. The minimum Gasteiger partial charge on any atom is -0.324 e. The summed E-state index contributed by atoms with van der Waals surface area (Å²) >= 11 is 0. The van der Waals surface area contributed by atoms with Gasteiger partial charge in [-0.1, -0.05) is 30.3 Å². The number of para-hydroxylation sites is 2. The summed E-state index contributed by atoms with van der Waals surface area (Å²) in [6.07, 6.45) is 0. The van der Waals surface area contributed by atoms with Gasteiger partial charge in [0.2, 0.25) is 0 Å². The Morgan fingerprint density at radius 1 is 0.895 bits per heavy atom. The van der Waals surface area contributed by atoms with Crippen molar-refractivity contribution in [3.63, 3.8) is 0 Å². The van der Waals surface area contributed by atoms with E-state index in [-0.39, 0.29) is 0 Å². The summed E-state index contributed by atoms with van der Waals surface area (Å²) in [5.41, 5.74) is 6.37. The second-order valence-corrected chi connectivity index (χ2v) is 5.10. The number of fused-ring (bicyclic) bond motifs is 1. The molecule has 3 aromatic rings. The van der Waals surface area contributed by atoms with Crippen LogP contribution in [0.3, 0.4) is 0 Å². The first-order valence-corrected chi connectivity index (χ1v) is 6.64. The first-order valence-electron chi connectivity index (χ1n) is 6.64. The third-order valence-corrected chi connectivity index (χ3v) is 3.81. The molecular weight excluding hydrogens is 232 g/mol. The monoisotopic (exact) mass is 250 g/mol. The predicted molar refractivity (Wildman–Crippen MR) is 79.5 cm³/mol. The average molecular weight is 250 g/mol. The van der Waals surface area contributed by atoms with Crippen molar-refractivity contribution in [3.8, 4) is 0 Å². The van der Waals surface area contributed by atoms with E-state index in [1.807, 2.05) is 6.07 Å². The normalized spacial score (nSPS) is 11.1. The van der Waals surface area contributed by atoms with E-state index in [9.17, 15) is 0 Å². The zero-order chi connectivity index (χ0) is 13.4. The largest absolute Gasteiger partial charge is 0.324 e. The Morgan fingerprint density at radius 2 is 1.58 bits per heavy atom. The van der Waals surface area contributed by atoms with Crippen molar-refractivity contribution in [2.75, 3.05) is 0 Å². The highest BCUT2D eigenvalue weighted by atomic mass is 15.1. The van der Waals surface area contributed by atoms with Crippen LogP contribution in [0.4, 0.5) is 0 Å².